The van der Waals surface area contributed by atoms with E-state index in [1.807, 2.05) is 44.2 Å². The molecule has 0 bridgehead atoms. The van der Waals surface area contributed by atoms with E-state index in [2.05, 4.69) is 11.6 Å². The van der Waals surface area contributed by atoms with Crippen LogP contribution in [0.5, 0.6) is 0 Å². The lowest BCUT2D eigenvalue weighted by Gasteiger charge is -2.05. The largest absolute Gasteiger partial charge is 0.508 e. The van der Waals surface area contributed by atoms with E-state index >= 15 is 0 Å². The van der Waals surface area contributed by atoms with Crippen molar-refractivity contribution in [2.75, 3.05) is 0 Å². The number of hydrogen-bond acceptors (Lipinski definition) is 2. The molecule has 0 fully saturated rings. The Balaban J connectivity index is 3.04. The van der Waals surface area contributed by atoms with Crippen LogP contribution < -0.4 is 0 Å². The van der Waals surface area contributed by atoms with Gasteiger partial charge >= 0.3 is 0 Å². The van der Waals surface area contributed by atoms with Crippen LogP contribution in [-0.2, 0) is 0 Å². The van der Waals surface area contributed by atoms with E-state index < -0.39 is 0 Å². The van der Waals surface area contributed by atoms with Crippen molar-refractivity contribution >= 4 is 11.6 Å². The molecule has 0 aliphatic heterocycles. The summed E-state index contributed by atoms with van der Waals surface area (Å²) in [5.41, 5.74) is 2.50. The van der Waals surface area contributed by atoms with Crippen molar-refractivity contribution in [1.82, 2.24) is 4.98 Å². The van der Waals surface area contributed by atoms with Gasteiger partial charge in [0.05, 0.1) is 5.69 Å². The van der Waals surface area contributed by atoms with Gasteiger partial charge in [0.1, 0.15) is 5.76 Å². The summed E-state index contributed by atoms with van der Waals surface area (Å²) in [4.78, 5) is 4.30. The zero-order valence-electron chi connectivity index (χ0n) is 9.77. The molecule has 16 heavy (non-hydrogen) atoms. The van der Waals surface area contributed by atoms with E-state index in [9.17, 15) is 5.11 Å². The molecular formula is C14H17NO. The second kappa shape index (κ2) is 5.91. The lowest BCUT2D eigenvalue weighted by molar-refractivity contribution is 0.440. The maximum Gasteiger partial charge on any atom is 0.117 e. The molecule has 2 nitrogen and oxygen atoms in total. The molecule has 1 N–H and O–H groups in total. The fourth-order valence-electron chi connectivity index (χ4n) is 1.43. The number of nitrogens with zero attached hydrogens (tertiary/aromatic N) is 1. The van der Waals surface area contributed by atoms with Crippen molar-refractivity contribution in [2.24, 2.45) is 0 Å². The highest BCUT2D eigenvalue weighted by Gasteiger charge is 2.04. The summed E-state index contributed by atoms with van der Waals surface area (Å²) >= 11 is 0. The van der Waals surface area contributed by atoms with Gasteiger partial charge in [-0.2, -0.15) is 0 Å². The van der Waals surface area contributed by atoms with Crippen LogP contribution in [0.25, 0.3) is 11.6 Å². The molecule has 0 amide bonds. The van der Waals surface area contributed by atoms with Gasteiger partial charge in [0.25, 0.3) is 0 Å². The third-order valence-electron chi connectivity index (χ3n) is 2.14. The molecule has 0 spiro atoms. The van der Waals surface area contributed by atoms with E-state index in [4.69, 9.17) is 0 Å². The summed E-state index contributed by atoms with van der Waals surface area (Å²) in [6.45, 7) is 7.52. The molecule has 84 valence electrons. The number of allylic oxidation sites excluding steroid dienone is 3. The molecule has 0 aliphatic rings. The van der Waals surface area contributed by atoms with Gasteiger partial charge in [-0.3, -0.25) is 4.98 Å². The van der Waals surface area contributed by atoms with E-state index in [0.717, 1.165) is 17.7 Å². The van der Waals surface area contributed by atoms with Crippen molar-refractivity contribution in [3.63, 3.8) is 0 Å². The van der Waals surface area contributed by atoms with Crippen molar-refractivity contribution < 1.29 is 5.11 Å². The second-order valence-corrected chi connectivity index (χ2v) is 3.45. The molecule has 1 aromatic heterocycles. The summed E-state index contributed by atoms with van der Waals surface area (Å²) in [6.07, 6.45) is 8.48. The average Bonchev–Trinajstić information content (AvgIpc) is 2.27. The SMILES string of the molecule is C=C(O)/C(=C\CC)c1ccc(/C=C\C)cn1. The number of hydrogen-bond donors (Lipinski definition) is 1. The van der Waals surface area contributed by atoms with Gasteiger partial charge in [0, 0.05) is 11.8 Å². The van der Waals surface area contributed by atoms with Gasteiger partial charge in [0.2, 0.25) is 0 Å². The highest BCUT2D eigenvalue weighted by Crippen LogP contribution is 2.19. The standard InChI is InChI=1S/C14H17NO/c1-4-6-12-8-9-14(15-10-12)13(7-5-2)11(3)16/h4,6-10,16H,3,5H2,1-2H3/b6-4-,13-7+. The minimum atomic E-state index is 0.0631. The topological polar surface area (TPSA) is 33.1 Å². The van der Waals surface area contributed by atoms with Crippen LogP contribution in [0.3, 0.4) is 0 Å². The Labute approximate surface area is 96.7 Å². The smallest absolute Gasteiger partial charge is 0.117 e. The van der Waals surface area contributed by atoms with Crippen molar-refractivity contribution in [3.05, 3.63) is 54.1 Å². The molecule has 1 rings (SSSR count). The maximum absolute atomic E-state index is 9.45. The van der Waals surface area contributed by atoms with Gasteiger partial charge < -0.3 is 5.11 Å². The van der Waals surface area contributed by atoms with Crippen LogP contribution in [0.15, 0.2) is 42.8 Å². The molecular weight excluding hydrogens is 198 g/mol. The van der Waals surface area contributed by atoms with E-state index in [-0.39, 0.29) is 5.76 Å². The normalized spacial score (nSPS) is 12.0. The van der Waals surface area contributed by atoms with Crippen LogP contribution in [0.1, 0.15) is 31.5 Å². The van der Waals surface area contributed by atoms with Crippen LogP contribution >= 0.6 is 0 Å². The van der Waals surface area contributed by atoms with Crippen LogP contribution in [0.2, 0.25) is 0 Å². The van der Waals surface area contributed by atoms with Gasteiger partial charge in [0.15, 0.2) is 0 Å². The van der Waals surface area contributed by atoms with Crippen LogP contribution in [0.4, 0.5) is 0 Å². The van der Waals surface area contributed by atoms with E-state index in [1.165, 1.54) is 0 Å². The molecule has 0 unspecified atom stereocenters. The van der Waals surface area contributed by atoms with E-state index in [1.54, 1.807) is 6.20 Å². The Kier molecular flexibility index (Phi) is 4.52. The Morgan fingerprint density at radius 1 is 1.50 bits per heavy atom. The molecule has 0 aliphatic carbocycles. The molecule has 1 aromatic rings. The predicted molar refractivity (Wildman–Crippen MR) is 69.0 cm³/mol. The second-order valence-electron chi connectivity index (χ2n) is 3.45. The lowest BCUT2D eigenvalue weighted by atomic mass is 10.1. The molecule has 0 aromatic carbocycles. The minimum Gasteiger partial charge on any atom is -0.508 e. The molecule has 0 radical (unpaired) electrons. The molecule has 0 saturated carbocycles. The first-order valence-corrected chi connectivity index (χ1v) is 5.36. The molecule has 1 heterocycles. The summed E-state index contributed by atoms with van der Waals surface area (Å²) in [5, 5.41) is 9.45. The first-order valence-electron chi connectivity index (χ1n) is 5.36. The average molecular weight is 215 g/mol. The van der Waals surface area contributed by atoms with Crippen molar-refractivity contribution in [2.45, 2.75) is 20.3 Å². The minimum absolute atomic E-state index is 0.0631. The quantitative estimate of drug-likeness (QED) is 0.608. The fourth-order valence-corrected chi connectivity index (χ4v) is 1.43. The van der Waals surface area contributed by atoms with Crippen LogP contribution in [-0.4, -0.2) is 10.1 Å². The van der Waals surface area contributed by atoms with Crippen molar-refractivity contribution in [3.8, 4) is 0 Å². The van der Waals surface area contributed by atoms with Gasteiger partial charge in [-0.25, -0.2) is 0 Å². The van der Waals surface area contributed by atoms with Crippen molar-refractivity contribution in [1.29, 1.82) is 0 Å². The Bertz CT molecular complexity index is 413. The fraction of sp³-hybridized carbons (Fsp3) is 0.214. The zero-order valence-corrected chi connectivity index (χ0v) is 9.77. The summed E-state index contributed by atoms with van der Waals surface area (Å²) < 4.78 is 0. The molecule has 0 saturated heterocycles. The van der Waals surface area contributed by atoms with Gasteiger partial charge in [-0.1, -0.05) is 37.8 Å². The lowest BCUT2D eigenvalue weighted by Crippen LogP contribution is -1.92. The van der Waals surface area contributed by atoms with Gasteiger partial charge in [-0.05, 0) is 25.0 Å². The number of pyridine rings is 1. The zero-order chi connectivity index (χ0) is 12.0. The third kappa shape index (κ3) is 3.09. The molecule has 0 atom stereocenters. The third-order valence-corrected chi connectivity index (χ3v) is 2.14. The highest BCUT2D eigenvalue weighted by atomic mass is 16.3. The summed E-state index contributed by atoms with van der Waals surface area (Å²) in [6, 6.07) is 3.85. The Hall–Kier alpha value is -1.83. The first kappa shape index (κ1) is 12.2. The Morgan fingerprint density at radius 3 is 2.69 bits per heavy atom. The summed E-state index contributed by atoms with van der Waals surface area (Å²) in [7, 11) is 0. The number of aliphatic hydroxyl groups excluding tert-OH is 1. The maximum atomic E-state index is 9.45. The number of aromatic nitrogens is 1. The summed E-state index contributed by atoms with van der Waals surface area (Å²) in [5.74, 6) is 0.0631. The highest BCUT2D eigenvalue weighted by molar-refractivity contribution is 5.74. The van der Waals surface area contributed by atoms with Crippen LogP contribution in [0, 0.1) is 0 Å². The van der Waals surface area contributed by atoms with Gasteiger partial charge in [-0.15, -0.1) is 0 Å². The first-order chi connectivity index (χ1) is 7.69. The monoisotopic (exact) mass is 215 g/mol. The predicted octanol–water partition coefficient (Wildman–Crippen LogP) is 3.98. The number of aliphatic hydroxyl groups is 1. The van der Waals surface area contributed by atoms with E-state index in [0.29, 0.717) is 5.57 Å². The molecule has 2 heteroatoms. The Morgan fingerprint density at radius 2 is 2.25 bits per heavy atom. The number of rotatable bonds is 4.